The zero-order chi connectivity index (χ0) is 13.8. The van der Waals surface area contributed by atoms with E-state index in [-0.39, 0.29) is 5.92 Å². The van der Waals surface area contributed by atoms with Gasteiger partial charge >= 0.3 is 0 Å². The Morgan fingerprint density at radius 2 is 1.95 bits per heavy atom. The van der Waals surface area contributed by atoms with E-state index in [4.69, 9.17) is 4.74 Å². The molecule has 5 heteroatoms. The summed E-state index contributed by atoms with van der Waals surface area (Å²) in [5, 5.41) is 3.10. The Morgan fingerprint density at radius 1 is 1.16 bits per heavy atom. The van der Waals surface area contributed by atoms with Crippen LogP contribution in [0.1, 0.15) is 25.3 Å². The predicted molar refractivity (Wildman–Crippen MR) is 75.5 cm³/mol. The summed E-state index contributed by atoms with van der Waals surface area (Å²) in [5.41, 5.74) is 2.60. The van der Waals surface area contributed by atoms with Gasteiger partial charge in [0.05, 0.1) is 7.11 Å². The molecule has 2 aromatic rings. The summed E-state index contributed by atoms with van der Waals surface area (Å²) in [7, 11) is 3.49. The van der Waals surface area contributed by atoms with Gasteiger partial charge in [-0.15, -0.1) is 0 Å². The molecule has 0 spiro atoms. The first-order valence-corrected chi connectivity index (χ1v) is 6.21. The van der Waals surface area contributed by atoms with E-state index < -0.39 is 0 Å². The molecule has 0 fully saturated rings. The molecule has 1 N–H and O–H groups in total. The molecule has 0 amide bonds. The molecule has 0 saturated heterocycles. The number of ether oxygens (including phenoxy) is 1. The first-order chi connectivity index (χ1) is 9.19. The molecule has 0 bridgehead atoms. The molecule has 2 rings (SSSR count). The second-order valence-corrected chi connectivity index (χ2v) is 4.44. The monoisotopic (exact) mass is 258 g/mol. The fourth-order valence-corrected chi connectivity index (χ4v) is 2.06. The maximum absolute atomic E-state index is 5.36. The van der Waals surface area contributed by atoms with E-state index in [1.807, 2.05) is 19.2 Å². The van der Waals surface area contributed by atoms with Crippen LogP contribution in [0.15, 0.2) is 24.7 Å². The quantitative estimate of drug-likeness (QED) is 0.913. The number of hydrogen-bond donors (Lipinski definition) is 1. The second kappa shape index (κ2) is 5.65. The molecule has 2 heterocycles. The normalized spacial score (nSPS) is 10.6. The van der Waals surface area contributed by atoms with Gasteiger partial charge in [0, 0.05) is 18.8 Å². The van der Waals surface area contributed by atoms with E-state index in [0.29, 0.717) is 5.75 Å². The van der Waals surface area contributed by atoms with Gasteiger partial charge in [-0.05, 0) is 18.1 Å². The molecule has 0 aromatic carbocycles. The Labute approximate surface area is 113 Å². The van der Waals surface area contributed by atoms with Crippen molar-refractivity contribution in [1.29, 1.82) is 0 Å². The van der Waals surface area contributed by atoms with Gasteiger partial charge < -0.3 is 10.1 Å². The minimum atomic E-state index is 0.283. The third-order valence-corrected chi connectivity index (χ3v) is 2.91. The Kier molecular flexibility index (Phi) is 3.94. The summed E-state index contributed by atoms with van der Waals surface area (Å²) < 4.78 is 5.36. The van der Waals surface area contributed by atoms with Gasteiger partial charge in [0.25, 0.3) is 0 Å². The van der Waals surface area contributed by atoms with E-state index >= 15 is 0 Å². The highest BCUT2D eigenvalue weighted by atomic mass is 16.5. The molecule has 0 atom stereocenters. The van der Waals surface area contributed by atoms with Crippen LogP contribution in [0.2, 0.25) is 0 Å². The Bertz CT molecular complexity index is 569. The van der Waals surface area contributed by atoms with Gasteiger partial charge in [-0.25, -0.2) is 9.97 Å². The number of nitrogens with one attached hydrogen (secondary N) is 1. The molecule has 100 valence electrons. The van der Waals surface area contributed by atoms with Gasteiger partial charge in [0.15, 0.2) is 0 Å². The van der Waals surface area contributed by atoms with Crippen molar-refractivity contribution in [3.05, 3.63) is 30.2 Å². The molecule has 0 unspecified atom stereocenters. The maximum atomic E-state index is 5.36. The minimum Gasteiger partial charge on any atom is -0.494 e. The number of nitrogens with zero attached hydrogens (tertiary/aromatic N) is 3. The highest BCUT2D eigenvalue weighted by molar-refractivity contribution is 5.70. The summed E-state index contributed by atoms with van der Waals surface area (Å²) in [6.45, 7) is 4.22. The molecule has 0 saturated carbocycles. The second-order valence-electron chi connectivity index (χ2n) is 4.44. The number of aromatic nitrogens is 3. The van der Waals surface area contributed by atoms with Gasteiger partial charge in [-0.2, -0.15) is 0 Å². The molecule has 0 radical (unpaired) electrons. The first kappa shape index (κ1) is 13.3. The third kappa shape index (κ3) is 2.50. The van der Waals surface area contributed by atoms with E-state index in [2.05, 4.69) is 34.1 Å². The fourth-order valence-electron chi connectivity index (χ4n) is 2.06. The molecule has 2 aromatic heterocycles. The number of hydrogen-bond acceptors (Lipinski definition) is 5. The molecule has 0 aliphatic carbocycles. The van der Waals surface area contributed by atoms with Crippen molar-refractivity contribution in [1.82, 2.24) is 15.0 Å². The van der Waals surface area contributed by atoms with Crippen molar-refractivity contribution in [3.8, 4) is 17.1 Å². The van der Waals surface area contributed by atoms with Crippen molar-refractivity contribution < 1.29 is 4.74 Å². The predicted octanol–water partition coefficient (Wildman–Crippen LogP) is 2.71. The molecule has 0 aliphatic heterocycles. The third-order valence-electron chi connectivity index (χ3n) is 2.91. The lowest BCUT2D eigenvalue weighted by Crippen LogP contribution is -2.06. The van der Waals surface area contributed by atoms with Crippen LogP contribution in [0.4, 0.5) is 5.82 Å². The average Bonchev–Trinajstić information content (AvgIpc) is 2.46. The van der Waals surface area contributed by atoms with E-state index in [0.717, 1.165) is 22.8 Å². The zero-order valence-corrected chi connectivity index (χ0v) is 11.6. The van der Waals surface area contributed by atoms with E-state index in [1.165, 1.54) is 0 Å². The summed E-state index contributed by atoms with van der Waals surface area (Å²) in [6, 6.07) is 3.73. The lowest BCUT2D eigenvalue weighted by molar-refractivity contribution is 0.414. The summed E-state index contributed by atoms with van der Waals surface area (Å²) in [5.74, 6) is 1.82. The van der Waals surface area contributed by atoms with Gasteiger partial charge in [-0.3, -0.25) is 4.98 Å². The SMILES string of the molecule is CNc1ncnc(-c2ncccc2OC)c1C(C)C. The lowest BCUT2D eigenvalue weighted by atomic mass is 9.99. The Morgan fingerprint density at radius 3 is 2.58 bits per heavy atom. The van der Waals surface area contributed by atoms with Crippen LogP contribution in [-0.4, -0.2) is 29.1 Å². The lowest BCUT2D eigenvalue weighted by Gasteiger charge is -2.16. The number of pyridine rings is 1. The van der Waals surface area contributed by atoms with Crippen LogP contribution in [0.25, 0.3) is 11.4 Å². The molecule has 0 aliphatic rings. The zero-order valence-electron chi connectivity index (χ0n) is 11.6. The topological polar surface area (TPSA) is 59.9 Å². The summed E-state index contributed by atoms with van der Waals surface area (Å²) in [4.78, 5) is 13.1. The fraction of sp³-hybridized carbons (Fsp3) is 0.357. The summed E-state index contributed by atoms with van der Waals surface area (Å²) in [6.07, 6.45) is 3.28. The first-order valence-electron chi connectivity index (χ1n) is 6.21. The number of anilines is 1. The standard InChI is InChI=1S/C14H18N4O/c1-9(2)11-13(17-8-18-14(11)15-3)12-10(19-4)6-5-7-16-12/h5-9H,1-4H3,(H,15,17,18). The molecule has 19 heavy (non-hydrogen) atoms. The van der Waals surface area contributed by atoms with Gasteiger partial charge in [0.2, 0.25) is 0 Å². The Hall–Kier alpha value is -2.17. The minimum absolute atomic E-state index is 0.283. The van der Waals surface area contributed by atoms with Crippen LogP contribution < -0.4 is 10.1 Å². The average molecular weight is 258 g/mol. The number of methoxy groups -OCH3 is 1. The molecule has 5 nitrogen and oxygen atoms in total. The summed E-state index contributed by atoms with van der Waals surface area (Å²) >= 11 is 0. The van der Waals surface area contributed by atoms with Crippen molar-refractivity contribution >= 4 is 5.82 Å². The smallest absolute Gasteiger partial charge is 0.146 e. The molecular formula is C14H18N4O. The van der Waals surface area contributed by atoms with Crippen LogP contribution >= 0.6 is 0 Å². The van der Waals surface area contributed by atoms with Crippen molar-refractivity contribution in [2.45, 2.75) is 19.8 Å². The number of rotatable bonds is 4. The van der Waals surface area contributed by atoms with Gasteiger partial charge in [0.1, 0.15) is 29.3 Å². The highest BCUT2D eigenvalue weighted by Crippen LogP contribution is 2.34. The molecular weight excluding hydrogens is 240 g/mol. The maximum Gasteiger partial charge on any atom is 0.146 e. The van der Waals surface area contributed by atoms with E-state index in [1.54, 1.807) is 19.6 Å². The van der Waals surface area contributed by atoms with Crippen molar-refractivity contribution in [2.24, 2.45) is 0 Å². The van der Waals surface area contributed by atoms with Crippen LogP contribution in [0.3, 0.4) is 0 Å². The Balaban J connectivity index is 2.68. The van der Waals surface area contributed by atoms with Crippen LogP contribution in [-0.2, 0) is 0 Å². The van der Waals surface area contributed by atoms with Crippen LogP contribution in [0.5, 0.6) is 5.75 Å². The van der Waals surface area contributed by atoms with Crippen LogP contribution in [0, 0.1) is 0 Å². The largest absolute Gasteiger partial charge is 0.494 e. The van der Waals surface area contributed by atoms with Gasteiger partial charge in [-0.1, -0.05) is 13.8 Å². The van der Waals surface area contributed by atoms with Crippen molar-refractivity contribution in [2.75, 3.05) is 19.5 Å². The highest BCUT2D eigenvalue weighted by Gasteiger charge is 2.19. The van der Waals surface area contributed by atoms with Crippen molar-refractivity contribution in [3.63, 3.8) is 0 Å². The van der Waals surface area contributed by atoms with E-state index in [9.17, 15) is 0 Å².